The maximum absolute atomic E-state index is 13.7. The maximum atomic E-state index is 13.7. The molecule has 0 heterocycles. The molecule has 6 nitrogen and oxygen atoms in total. The van der Waals surface area contributed by atoms with E-state index in [-0.39, 0.29) is 29.1 Å². The van der Waals surface area contributed by atoms with Crippen LogP contribution in [0.1, 0.15) is 43.4 Å². The highest BCUT2D eigenvalue weighted by Crippen LogP contribution is 2.31. The van der Waals surface area contributed by atoms with Crippen molar-refractivity contribution in [1.29, 1.82) is 0 Å². The van der Waals surface area contributed by atoms with Crippen LogP contribution in [0.15, 0.2) is 41.3 Å². The average Bonchev–Trinajstić information content (AvgIpc) is 2.68. The third-order valence-electron chi connectivity index (χ3n) is 5.08. The van der Waals surface area contributed by atoms with Gasteiger partial charge in [0.25, 0.3) is 10.0 Å². The number of carbonyl (C=O) groups excluding carboxylic acids is 1. The largest absolute Gasteiger partial charge is 0.495 e. The minimum Gasteiger partial charge on any atom is -0.495 e. The zero-order valence-corrected chi connectivity index (χ0v) is 19.5. The van der Waals surface area contributed by atoms with E-state index in [4.69, 9.17) is 4.74 Å². The number of hydrogen-bond donors (Lipinski definition) is 1. The SMILES string of the molecule is CCC[C@H](C)NC(=O)CN(c1ccc(C)c(C)c1)S(=O)(=O)c1cc(C)ccc1OC. The number of methoxy groups -OCH3 is 1. The molecule has 0 fully saturated rings. The van der Waals surface area contributed by atoms with Crippen LogP contribution < -0.4 is 14.4 Å². The number of nitrogens with zero attached hydrogens (tertiary/aromatic N) is 1. The Bertz CT molecular complexity index is 1000. The van der Waals surface area contributed by atoms with E-state index in [1.807, 2.05) is 40.7 Å². The van der Waals surface area contributed by atoms with Gasteiger partial charge in [0.05, 0.1) is 12.8 Å². The number of rotatable bonds is 9. The van der Waals surface area contributed by atoms with Crippen molar-refractivity contribution in [3.63, 3.8) is 0 Å². The van der Waals surface area contributed by atoms with Gasteiger partial charge in [-0.3, -0.25) is 9.10 Å². The van der Waals surface area contributed by atoms with Crippen LogP contribution in [0.3, 0.4) is 0 Å². The fourth-order valence-electron chi connectivity index (χ4n) is 3.26. The molecule has 0 bridgehead atoms. The number of aryl methyl sites for hydroxylation is 3. The van der Waals surface area contributed by atoms with Crippen molar-refractivity contribution in [2.45, 2.75) is 58.4 Å². The molecule has 30 heavy (non-hydrogen) atoms. The monoisotopic (exact) mass is 432 g/mol. The molecule has 0 aliphatic carbocycles. The van der Waals surface area contributed by atoms with Crippen molar-refractivity contribution in [1.82, 2.24) is 5.32 Å². The standard InChI is InChI=1S/C23H32N2O4S/c1-7-8-19(5)24-23(26)15-25(20-11-10-17(3)18(4)14-20)30(27,28)22-13-16(2)9-12-21(22)29-6/h9-14,19H,7-8,15H2,1-6H3,(H,24,26)/t19-/m0/s1. The summed E-state index contributed by atoms with van der Waals surface area (Å²) < 4.78 is 33.8. The normalized spacial score (nSPS) is 12.3. The Kier molecular flexibility index (Phi) is 7.89. The lowest BCUT2D eigenvalue weighted by molar-refractivity contribution is -0.120. The summed E-state index contributed by atoms with van der Waals surface area (Å²) in [5.41, 5.74) is 3.23. The zero-order valence-electron chi connectivity index (χ0n) is 18.7. The molecule has 2 aromatic carbocycles. The first-order chi connectivity index (χ1) is 14.1. The molecule has 0 aliphatic rings. The van der Waals surface area contributed by atoms with Crippen LogP contribution in [0.25, 0.3) is 0 Å². The second-order valence-electron chi connectivity index (χ2n) is 7.69. The van der Waals surface area contributed by atoms with Gasteiger partial charge < -0.3 is 10.1 Å². The van der Waals surface area contributed by atoms with E-state index >= 15 is 0 Å². The molecule has 7 heteroatoms. The smallest absolute Gasteiger partial charge is 0.268 e. The van der Waals surface area contributed by atoms with Crippen LogP contribution in [0.2, 0.25) is 0 Å². The highest BCUT2D eigenvalue weighted by molar-refractivity contribution is 7.93. The average molecular weight is 433 g/mol. The summed E-state index contributed by atoms with van der Waals surface area (Å²) in [5.74, 6) is -0.0986. The minimum atomic E-state index is -4.04. The van der Waals surface area contributed by atoms with E-state index in [1.165, 1.54) is 7.11 Å². The van der Waals surface area contributed by atoms with Gasteiger partial charge in [-0.25, -0.2) is 8.42 Å². The van der Waals surface area contributed by atoms with Gasteiger partial charge in [0, 0.05) is 6.04 Å². The zero-order chi connectivity index (χ0) is 22.5. The van der Waals surface area contributed by atoms with Gasteiger partial charge in [0.2, 0.25) is 5.91 Å². The Morgan fingerprint density at radius 3 is 2.40 bits per heavy atom. The molecule has 0 aliphatic heterocycles. The van der Waals surface area contributed by atoms with Crippen LogP contribution in [0, 0.1) is 20.8 Å². The van der Waals surface area contributed by atoms with Crippen molar-refractivity contribution < 1.29 is 17.9 Å². The molecule has 0 spiro atoms. The second kappa shape index (κ2) is 9.98. The van der Waals surface area contributed by atoms with Gasteiger partial charge >= 0.3 is 0 Å². The van der Waals surface area contributed by atoms with Crippen molar-refractivity contribution in [2.75, 3.05) is 18.0 Å². The highest BCUT2D eigenvalue weighted by atomic mass is 32.2. The van der Waals surface area contributed by atoms with Gasteiger partial charge in [-0.15, -0.1) is 0 Å². The molecule has 0 aromatic heterocycles. The number of benzene rings is 2. The van der Waals surface area contributed by atoms with Crippen molar-refractivity contribution in [2.24, 2.45) is 0 Å². The van der Waals surface area contributed by atoms with Crippen LogP contribution >= 0.6 is 0 Å². The maximum Gasteiger partial charge on any atom is 0.268 e. The van der Waals surface area contributed by atoms with E-state index in [9.17, 15) is 13.2 Å². The summed E-state index contributed by atoms with van der Waals surface area (Å²) in [6.07, 6.45) is 1.76. The third kappa shape index (κ3) is 5.53. The number of amides is 1. The molecule has 2 rings (SSSR count). The number of carbonyl (C=O) groups is 1. The van der Waals surface area contributed by atoms with Gasteiger partial charge in [0.1, 0.15) is 17.2 Å². The van der Waals surface area contributed by atoms with Gasteiger partial charge in [-0.05, 0) is 75.1 Å². The quantitative estimate of drug-likeness (QED) is 0.647. The molecule has 164 valence electrons. The summed E-state index contributed by atoms with van der Waals surface area (Å²) in [7, 11) is -2.61. The molecule has 0 saturated heterocycles. The van der Waals surface area contributed by atoms with E-state index in [2.05, 4.69) is 5.32 Å². The summed E-state index contributed by atoms with van der Waals surface area (Å²) in [4.78, 5) is 12.8. The summed E-state index contributed by atoms with van der Waals surface area (Å²) in [6, 6.07) is 10.3. The summed E-state index contributed by atoms with van der Waals surface area (Å²) >= 11 is 0. The Balaban J connectivity index is 2.53. The molecule has 1 atom stereocenters. The first-order valence-electron chi connectivity index (χ1n) is 10.1. The molecular formula is C23H32N2O4S. The Morgan fingerprint density at radius 2 is 1.80 bits per heavy atom. The van der Waals surface area contributed by atoms with Gasteiger partial charge in [0.15, 0.2) is 0 Å². The van der Waals surface area contributed by atoms with Crippen LogP contribution in [0.4, 0.5) is 5.69 Å². The molecule has 1 N–H and O–H groups in total. The van der Waals surface area contributed by atoms with Gasteiger partial charge in [-0.1, -0.05) is 25.5 Å². The summed E-state index contributed by atoms with van der Waals surface area (Å²) in [6.45, 7) is 9.34. The lowest BCUT2D eigenvalue weighted by atomic mass is 10.1. The Labute approximate surface area is 180 Å². The van der Waals surface area contributed by atoms with Crippen LogP contribution in [-0.4, -0.2) is 34.0 Å². The first-order valence-corrected chi connectivity index (χ1v) is 11.6. The van der Waals surface area contributed by atoms with E-state index in [0.29, 0.717) is 5.69 Å². The number of hydrogen-bond acceptors (Lipinski definition) is 4. The first kappa shape index (κ1) is 23.7. The highest BCUT2D eigenvalue weighted by Gasteiger charge is 2.30. The molecule has 2 aromatic rings. The molecule has 1 amide bonds. The van der Waals surface area contributed by atoms with Crippen LogP contribution in [-0.2, 0) is 14.8 Å². The number of nitrogens with one attached hydrogen (secondary N) is 1. The van der Waals surface area contributed by atoms with Crippen LogP contribution in [0.5, 0.6) is 5.75 Å². The molecule has 0 saturated carbocycles. The van der Waals surface area contributed by atoms with E-state index in [0.717, 1.165) is 33.8 Å². The fourth-order valence-corrected chi connectivity index (χ4v) is 4.91. The topological polar surface area (TPSA) is 75.7 Å². The lowest BCUT2D eigenvalue weighted by Crippen LogP contribution is -2.43. The predicted molar refractivity (Wildman–Crippen MR) is 121 cm³/mol. The molecule has 0 unspecified atom stereocenters. The minimum absolute atomic E-state index is 0.0275. The number of anilines is 1. The van der Waals surface area contributed by atoms with Crippen molar-refractivity contribution in [3.8, 4) is 5.75 Å². The van der Waals surface area contributed by atoms with E-state index < -0.39 is 10.0 Å². The fraction of sp³-hybridized carbons (Fsp3) is 0.435. The van der Waals surface area contributed by atoms with Gasteiger partial charge in [-0.2, -0.15) is 0 Å². The number of ether oxygens (including phenoxy) is 1. The molecule has 0 radical (unpaired) electrons. The molecular weight excluding hydrogens is 400 g/mol. The van der Waals surface area contributed by atoms with Crippen molar-refractivity contribution >= 4 is 21.6 Å². The Hall–Kier alpha value is -2.54. The predicted octanol–water partition coefficient (Wildman–Crippen LogP) is 4.12. The number of sulfonamides is 1. The third-order valence-corrected chi connectivity index (χ3v) is 6.88. The Morgan fingerprint density at radius 1 is 1.10 bits per heavy atom. The second-order valence-corrected chi connectivity index (χ2v) is 9.52. The lowest BCUT2D eigenvalue weighted by Gasteiger charge is -2.26. The summed E-state index contributed by atoms with van der Waals surface area (Å²) in [5, 5.41) is 2.89. The van der Waals surface area contributed by atoms with E-state index in [1.54, 1.807) is 30.3 Å². The van der Waals surface area contributed by atoms with Crippen molar-refractivity contribution in [3.05, 3.63) is 53.1 Å².